The maximum atomic E-state index is 6.45. The molecule has 1 aliphatic rings. The molecule has 0 atom stereocenters. The van der Waals surface area contributed by atoms with Crippen molar-refractivity contribution < 1.29 is 0 Å². The van der Waals surface area contributed by atoms with E-state index in [-0.39, 0.29) is 0 Å². The van der Waals surface area contributed by atoms with Gasteiger partial charge >= 0.3 is 0 Å². The van der Waals surface area contributed by atoms with Crippen LogP contribution in [0.4, 0.5) is 0 Å². The van der Waals surface area contributed by atoms with Gasteiger partial charge in [0.2, 0.25) is 0 Å². The molecule has 0 fully saturated rings. The summed E-state index contributed by atoms with van der Waals surface area (Å²) >= 11 is 0. The lowest BCUT2D eigenvalue weighted by Crippen LogP contribution is -2.06. The zero-order chi connectivity index (χ0) is 15.8. The molecule has 6 rings (SSSR count). The topological polar surface area (TPSA) is 15.8 Å². The highest BCUT2D eigenvalue weighted by Gasteiger charge is 2.22. The van der Waals surface area contributed by atoms with E-state index >= 15 is 0 Å². The molecule has 108 valence electrons. The molecule has 1 nitrogen and oxygen atoms in total. The Balaban J connectivity index is 2.09. The van der Waals surface area contributed by atoms with E-state index in [0.29, 0.717) is 0 Å². The van der Waals surface area contributed by atoms with Crippen LogP contribution in [0.25, 0.3) is 54.8 Å². The summed E-state index contributed by atoms with van der Waals surface area (Å²) in [6, 6.07) is 23.6. The molecule has 1 aromatic heterocycles. The molecule has 1 heterocycles. The van der Waals surface area contributed by atoms with E-state index in [2.05, 4.69) is 65.6 Å². The Morgan fingerprint density at radius 1 is 0.583 bits per heavy atom. The Labute approximate surface area is 140 Å². The van der Waals surface area contributed by atoms with Crippen LogP contribution in [0.2, 0.25) is 0 Å². The molecule has 0 unspecified atom stereocenters. The van der Waals surface area contributed by atoms with Crippen molar-refractivity contribution in [2.75, 3.05) is 0 Å². The molecule has 0 saturated carbocycles. The van der Waals surface area contributed by atoms with Crippen LogP contribution in [-0.2, 0) is 0 Å². The van der Waals surface area contributed by atoms with E-state index in [1.807, 2.05) is 6.07 Å². The summed E-state index contributed by atoms with van der Waals surface area (Å²) in [6.07, 6.45) is 0. The quantitative estimate of drug-likeness (QED) is 0.383. The second-order valence-electron chi connectivity index (χ2n) is 6.51. The van der Waals surface area contributed by atoms with Crippen molar-refractivity contribution >= 4 is 45.9 Å². The highest BCUT2D eigenvalue weighted by Crippen LogP contribution is 2.46. The summed E-state index contributed by atoms with van der Waals surface area (Å²) in [5, 5.41) is 5.12. The molecule has 0 bridgehead atoms. The molecule has 0 spiro atoms. The minimum atomic E-state index is 0.834. The van der Waals surface area contributed by atoms with Gasteiger partial charge in [0.1, 0.15) is 7.85 Å². The summed E-state index contributed by atoms with van der Waals surface area (Å²) < 4.78 is 0. The summed E-state index contributed by atoms with van der Waals surface area (Å²) in [5.41, 5.74) is 8.05. The standard InChI is InChI=1S/C22H12BN/c23-16-9-11-18-22-20(16)15-6-2-1-5-13(15)14-7-3-4-12-8-10-17(24-18)21(22)19(12)14/h1-11,24H. The second-order valence-corrected chi connectivity index (χ2v) is 6.51. The molecule has 24 heavy (non-hydrogen) atoms. The molecule has 0 aliphatic heterocycles. The van der Waals surface area contributed by atoms with Gasteiger partial charge in [-0.05, 0) is 45.2 Å². The third-order valence-electron chi connectivity index (χ3n) is 5.29. The van der Waals surface area contributed by atoms with Gasteiger partial charge in [-0.2, -0.15) is 0 Å². The van der Waals surface area contributed by atoms with Gasteiger partial charge in [0.25, 0.3) is 0 Å². The Morgan fingerprint density at radius 2 is 1.33 bits per heavy atom. The first-order valence-electron chi connectivity index (χ1n) is 8.18. The fourth-order valence-corrected chi connectivity index (χ4v) is 4.32. The zero-order valence-electron chi connectivity index (χ0n) is 12.9. The number of rotatable bonds is 0. The first-order chi connectivity index (χ1) is 11.8. The molecular weight excluding hydrogens is 289 g/mol. The van der Waals surface area contributed by atoms with Crippen LogP contribution in [0.15, 0.2) is 66.7 Å². The first kappa shape index (κ1) is 12.4. The third kappa shape index (κ3) is 1.33. The van der Waals surface area contributed by atoms with Gasteiger partial charge in [-0.1, -0.05) is 60.1 Å². The fourth-order valence-electron chi connectivity index (χ4n) is 4.32. The highest BCUT2D eigenvalue weighted by molar-refractivity contribution is 6.41. The van der Waals surface area contributed by atoms with Gasteiger partial charge in [-0.25, -0.2) is 0 Å². The van der Waals surface area contributed by atoms with Gasteiger partial charge in [0.05, 0.1) is 0 Å². The molecule has 5 aromatic rings. The maximum absolute atomic E-state index is 6.45. The Morgan fingerprint density at radius 3 is 2.25 bits per heavy atom. The number of aromatic nitrogens is 1. The van der Waals surface area contributed by atoms with Gasteiger partial charge in [-0.15, -0.1) is 0 Å². The van der Waals surface area contributed by atoms with E-state index in [1.165, 1.54) is 43.8 Å². The Bertz CT molecular complexity index is 1310. The van der Waals surface area contributed by atoms with Crippen LogP contribution in [-0.4, -0.2) is 12.8 Å². The lowest BCUT2D eigenvalue weighted by atomic mass is 9.83. The largest absolute Gasteiger partial charge is 0.354 e. The van der Waals surface area contributed by atoms with Crippen LogP contribution >= 0.6 is 0 Å². The van der Waals surface area contributed by atoms with Gasteiger partial charge in [0.15, 0.2) is 0 Å². The van der Waals surface area contributed by atoms with Crippen molar-refractivity contribution in [1.29, 1.82) is 0 Å². The van der Waals surface area contributed by atoms with Crippen molar-refractivity contribution in [3.05, 3.63) is 66.7 Å². The van der Waals surface area contributed by atoms with Crippen LogP contribution in [0, 0.1) is 0 Å². The number of benzene rings is 4. The summed E-state index contributed by atoms with van der Waals surface area (Å²) in [6.45, 7) is 0. The van der Waals surface area contributed by atoms with Crippen molar-refractivity contribution in [2.45, 2.75) is 0 Å². The van der Waals surface area contributed by atoms with Gasteiger partial charge < -0.3 is 4.98 Å². The van der Waals surface area contributed by atoms with Gasteiger partial charge in [-0.3, -0.25) is 0 Å². The van der Waals surface area contributed by atoms with Crippen LogP contribution in [0.3, 0.4) is 0 Å². The lowest BCUT2D eigenvalue weighted by molar-refractivity contribution is 1.55. The molecule has 1 N–H and O–H groups in total. The number of aromatic amines is 1. The van der Waals surface area contributed by atoms with Crippen LogP contribution in [0.1, 0.15) is 0 Å². The fraction of sp³-hybridized carbons (Fsp3) is 0. The molecule has 2 heteroatoms. The van der Waals surface area contributed by atoms with Crippen molar-refractivity contribution in [3.8, 4) is 22.3 Å². The van der Waals surface area contributed by atoms with Gasteiger partial charge in [0, 0.05) is 21.8 Å². The smallest absolute Gasteiger partial charge is 0.114 e. The minimum Gasteiger partial charge on any atom is -0.354 e. The Hall–Kier alpha value is -3.00. The molecule has 1 aliphatic carbocycles. The van der Waals surface area contributed by atoms with E-state index in [4.69, 9.17) is 7.85 Å². The van der Waals surface area contributed by atoms with Crippen LogP contribution < -0.4 is 5.46 Å². The molecule has 0 saturated heterocycles. The predicted molar refractivity (Wildman–Crippen MR) is 103 cm³/mol. The van der Waals surface area contributed by atoms with Crippen LogP contribution in [0.5, 0.6) is 0 Å². The first-order valence-corrected chi connectivity index (χ1v) is 8.18. The number of fused-ring (bicyclic) bond motifs is 3. The number of hydrogen-bond donors (Lipinski definition) is 1. The second kappa shape index (κ2) is 4.10. The van der Waals surface area contributed by atoms with E-state index < -0.39 is 0 Å². The van der Waals surface area contributed by atoms with E-state index in [1.54, 1.807) is 0 Å². The normalized spacial score (nSPS) is 12.3. The molecule has 2 radical (unpaired) electrons. The monoisotopic (exact) mass is 301 g/mol. The molecular formula is C22H12BN. The van der Waals surface area contributed by atoms with Crippen molar-refractivity contribution in [1.82, 2.24) is 4.98 Å². The predicted octanol–water partition coefficient (Wildman–Crippen LogP) is 4.92. The number of H-pyrrole nitrogens is 1. The zero-order valence-corrected chi connectivity index (χ0v) is 12.9. The van der Waals surface area contributed by atoms with Crippen molar-refractivity contribution in [3.63, 3.8) is 0 Å². The average molecular weight is 301 g/mol. The maximum Gasteiger partial charge on any atom is 0.114 e. The van der Waals surface area contributed by atoms with E-state index in [9.17, 15) is 0 Å². The average Bonchev–Trinajstić information content (AvgIpc) is 2.93. The van der Waals surface area contributed by atoms with Crippen molar-refractivity contribution in [2.24, 2.45) is 0 Å². The Kier molecular flexibility index (Phi) is 2.12. The molecule has 0 amide bonds. The third-order valence-corrected chi connectivity index (χ3v) is 5.29. The summed E-state index contributed by atoms with van der Waals surface area (Å²) in [7, 11) is 6.45. The summed E-state index contributed by atoms with van der Waals surface area (Å²) in [5.74, 6) is 0. The SMILES string of the molecule is [B]c1ccc2[nH]c3ccc4cccc5c4c3c2c1-c1ccccc1-5. The number of nitrogens with one attached hydrogen (secondary N) is 1. The van der Waals surface area contributed by atoms with E-state index in [0.717, 1.165) is 16.5 Å². The highest BCUT2D eigenvalue weighted by atomic mass is 14.7. The molecule has 4 aromatic carbocycles. The minimum absolute atomic E-state index is 0.834. The lowest BCUT2D eigenvalue weighted by Gasteiger charge is -2.13. The summed E-state index contributed by atoms with van der Waals surface area (Å²) in [4.78, 5) is 3.57. The number of hydrogen-bond acceptors (Lipinski definition) is 0.